The molecule has 2 N–H and O–H groups in total. The molecule has 0 unspecified atom stereocenters. The minimum atomic E-state index is -3.30. The summed E-state index contributed by atoms with van der Waals surface area (Å²) < 4.78 is 37.0. The van der Waals surface area contributed by atoms with Gasteiger partial charge in [-0.3, -0.25) is 0 Å². The number of sulfonamides is 1. The van der Waals surface area contributed by atoms with Gasteiger partial charge < -0.3 is 19.7 Å². The van der Waals surface area contributed by atoms with E-state index in [0.29, 0.717) is 36.8 Å². The summed E-state index contributed by atoms with van der Waals surface area (Å²) >= 11 is 0. The maximum absolute atomic E-state index is 12.4. The number of rotatable bonds is 7. The van der Waals surface area contributed by atoms with Crippen LogP contribution in [0.5, 0.6) is 11.5 Å². The molecule has 0 saturated heterocycles. The molecule has 0 spiro atoms. The highest BCUT2D eigenvalue weighted by Crippen LogP contribution is 2.30. The molecule has 0 aliphatic carbocycles. The van der Waals surface area contributed by atoms with Crippen LogP contribution in [0.15, 0.2) is 48.5 Å². The molecule has 2 aromatic carbocycles. The molecular weight excluding hydrogens is 394 g/mol. The average molecular weight is 420 g/mol. The number of nitrogens with zero attached hydrogens (tertiary/aromatic N) is 1. The normalized spacial score (nSPS) is 15.6. The van der Waals surface area contributed by atoms with Gasteiger partial charge in [0.25, 0.3) is 0 Å². The van der Waals surface area contributed by atoms with Crippen LogP contribution in [-0.2, 0) is 22.3 Å². The van der Waals surface area contributed by atoms with Gasteiger partial charge in [0.05, 0.1) is 12.3 Å². The number of amides is 2. The maximum Gasteiger partial charge on any atom is 0.317 e. The highest BCUT2D eigenvalue weighted by molar-refractivity contribution is 7.88. The lowest BCUT2D eigenvalue weighted by Crippen LogP contribution is -2.45. The molecule has 2 amide bonds. The summed E-state index contributed by atoms with van der Waals surface area (Å²) in [5, 5.41) is 2.85. The van der Waals surface area contributed by atoms with Crippen LogP contribution < -0.4 is 19.5 Å². The predicted molar refractivity (Wildman–Crippen MR) is 109 cm³/mol. The van der Waals surface area contributed by atoms with Crippen molar-refractivity contribution in [3.8, 4) is 11.5 Å². The number of benzene rings is 2. The molecule has 0 bridgehead atoms. The molecule has 0 radical (unpaired) electrons. The Labute approximate surface area is 170 Å². The van der Waals surface area contributed by atoms with E-state index in [4.69, 9.17) is 9.47 Å². The fourth-order valence-corrected chi connectivity index (χ4v) is 3.67. The largest absolute Gasteiger partial charge is 0.486 e. The van der Waals surface area contributed by atoms with Crippen molar-refractivity contribution in [3.63, 3.8) is 0 Å². The minimum absolute atomic E-state index is 0.0779. The first-order chi connectivity index (χ1) is 13.9. The smallest absolute Gasteiger partial charge is 0.317 e. The van der Waals surface area contributed by atoms with E-state index in [9.17, 15) is 13.2 Å². The van der Waals surface area contributed by atoms with Crippen LogP contribution in [0.2, 0.25) is 0 Å². The molecule has 2 aromatic rings. The Balaban J connectivity index is 1.47. The number of hydrogen-bond acceptors (Lipinski definition) is 5. The fourth-order valence-electron chi connectivity index (χ4n) is 2.90. The summed E-state index contributed by atoms with van der Waals surface area (Å²) in [6.45, 7) is 1.11. The molecule has 1 aliphatic rings. The molecule has 29 heavy (non-hydrogen) atoms. The maximum atomic E-state index is 12.4. The van der Waals surface area contributed by atoms with Crippen molar-refractivity contribution >= 4 is 16.1 Å². The Kier molecular flexibility index (Phi) is 6.60. The molecule has 156 valence electrons. The lowest BCUT2D eigenvalue weighted by Gasteiger charge is -2.29. The molecule has 8 nitrogen and oxygen atoms in total. The van der Waals surface area contributed by atoms with E-state index in [2.05, 4.69) is 10.0 Å². The quantitative estimate of drug-likeness (QED) is 0.712. The Morgan fingerprint density at radius 3 is 2.45 bits per heavy atom. The highest BCUT2D eigenvalue weighted by atomic mass is 32.2. The SMILES string of the molecule is CNS(=O)(=O)Cc1ccc(CNC(=O)N(C)C[C@@H]2COc3ccccc3O2)cc1. The summed E-state index contributed by atoms with van der Waals surface area (Å²) in [6, 6.07) is 14.3. The van der Waals surface area contributed by atoms with Gasteiger partial charge >= 0.3 is 6.03 Å². The van der Waals surface area contributed by atoms with Crippen molar-refractivity contribution < 1.29 is 22.7 Å². The predicted octanol–water partition coefficient (Wildman–Crippen LogP) is 1.72. The number of nitrogens with one attached hydrogen (secondary N) is 2. The van der Waals surface area contributed by atoms with Crippen LogP contribution >= 0.6 is 0 Å². The molecule has 1 aliphatic heterocycles. The summed E-state index contributed by atoms with van der Waals surface area (Å²) in [5.41, 5.74) is 1.56. The number of para-hydroxylation sites is 2. The van der Waals surface area contributed by atoms with Crippen molar-refractivity contribution in [3.05, 3.63) is 59.7 Å². The third-order valence-corrected chi connectivity index (χ3v) is 5.86. The van der Waals surface area contributed by atoms with Crippen molar-refractivity contribution in [2.75, 3.05) is 27.2 Å². The molecule has 0 saturated carbocycles. The zero-order chi connectivity index (χ0) is 20.9. The Bertz CT molecular complexity index is 947. The van der Waals surface area contributed by atoms with Crippen LogP contribution in [-0.4, -0.2) is 52.7 Å². The lowest BCUT2D eigenvalue weighted by atomic mass is 10.1. The second-order valence-electron chi connectivity index (χ2n) is 6.82. The van der Waals surface area contributed by atoms with Gasteiger partial charge in [-0.05, 0) is 30.3 Å². The van der Waals surface area contributed by atoms with Gasteiger partial charge in [0, 0.05) is 13.6 Å². The fraction of sp³-hybridized carbons (Fsp3) is 0.350. The van der Waals surface area contributed by atoms with E-state index in [0.717, 1.165) is 5.56 Å². The van der Waals surface area contributed by atoms with E-state index in [1.54, 1.807) is 36.2 Å². The molecule has 0 fully saturated rings. The van der Waals surface area contributed by atoms with Crippen LogP contribution in [0, 0.1) is 0 Å². The number of likely N-dealkylation sites (N-methyl/N-ethyl adjacent to an activating group) is 1. The Morgan fingerprint density at radius 1 is 1.10 bits per heavy atom. The van der Waals surface area contributed by atoms with Gasteiger partial charge in [-0.15, -0.1) is 0 Å². The van der Waals surface area contributed by atoms with Crippen LogP contribution in [0.25, 0.3) is 0 Å². The van der Waals surface area contributed by atoms with E-state index >= 15 is 0 Å². The summed E-state index contributed by atoms with van der Waals surface area (Å²) in [4.78, 5) is 13.9. The average Bonchev–Trinajstić information content (AvgIpc) is 2.72. The number of urea groups is 1. The number of carbonyl (C=O) groups is 1. The van der Waals surface area contributed by atoms with Gasteiger partial charge in [-0.1, -0.05) is 36.4 Å². The van der Waals surface area contributed by atoms with E-state index in [1.165, 1.54) is 7.05 Å². The molecule has 1 atom stereocenters. The van der Waals surface area contributed by atoms with Crippen molar-refractivity contribution in [2.45, 2.75) is 18.4 Å². The molecular formula is C20H25N3O5S. The van der Waals surface area contributed by atoms with Crippen molar-refractivity contribution in [1.29, 1.82) is 0 Å². The van der Waals surface area contributed by atoms with E-state index in [-0.39, 0.29) is 17.9 Å². The topological polar surface area (TPSA) is 97.0 Å². The number of hydrogen-bond donors (Lipinski definition) is 2. The van der Waals surface area contributed by atoms with E-state index in [1.807, 2.05) is 24.3 Å². The van der Waals surface area contributed by atoms with E-state index < -0.39 is 10.0 Å². The monoisotopic (exact) mass is 419 g/mol. The van der Waals surface area contributed by atoms with Gasteiger partial charge in [0.1, 0.15) is 6.61 Å². The standard InChI is InChI=1S/C20H25N3O5S/c1-21-29(25,26)14-16-9-7-15(8-10-16)11-22-20(24)23(2)12-17-13-27-18-5-3-4-6-19(18)28-17/h3-10,17,21H,11-14H2,1-2H3,(H,22,24)/t17-/m1/s1. The number of ether oxygens (including phenoxy) is 2. The van der Waals surface area contributed by atoms with Gasteiger partial charge in [0.2, 0.25) is 10.0 Å². The zero-order valence-corrected chi connectivity index (χ0v) is 17.2. The van der Waals surface area contributed by atoms with Gasteiger partial charge in [-0.2, -0.15) is 0 Å². The molecule has 1 heterocycles. The van der Waals surface area contributed by atoms with Gasteiger partial charge in [-0.25, -0.2) is 17.9 Å². The molecule has 0 aromatic heterocycles. The molecule has 3 rings (SSSR count). The first-order valence-electron chi connectivity index (χ1n) is 9.23. The summed E-state index contributed by atoms with van der Waals surface area (Å²) in [6.07, 6.45) is -0.242. The molecule has 9 heteroatoms. The van der Waals surface area contributed by atoms with Crippen LogP contribution in [0.1, 0.15) is 11.1 Å². The Morgan fingerprint density at radius 2 is 1.76 bits per heavy atom. The first kappa shape index (κ1) is 20.9. The zero-order valence-electron chi connectivity index (χ0n) is 16.4. The first-order valence-corrected chi connectivity index (χ1v) is 10.9. The highest BCUT2D eigenvalue weighted by Gasteiger charge is 2.23. The third-order valence-electron chi connectivity index (χ3n) is 4.53. The van der Waals surface area contributed by atoms with Crippen molar-refractivity contribution in [1.82, 2.24) is 14.9 Å². The Hall–Kier alpha value is -2.78. The van der Waals surface area contributed by atoms with Gasteiger partial charge in [0.15, 0.2) is 17.6 Å². The summed E-state index contributed by atoms with van der Waals surface area (Å²) in [7, 11) is -0.216. The second kappa shape index (κ2) is 9.15. The van der Waals surface area contributed by atoms with Crippen LogP contribution in [0.3, 0.4) is 0 Å². The summed E-state index contributed by atoms with van der Waals surface area (Å²) in [5.74, 6) is 1.31. The minimum Gasteiger partial charge on any atom is -0.486 e. The lowest BCUT2D eigenvalue weighted by molar-refractivity contribution is 0.0715. The van der Waals surface area contributed by atoms with Crippen LogP contribution in [0.4, 0.5) is 4.79 Å². The van der Waals surface area contributed by atoms with Crippen molar-refractivity contribution in [2.24, 2.45) is 0 Å². The number of fused-ring (bicyclic) bond motifs is 1. The third kappa shape index (κ3) is 5.85. The number of carbonyl (C=O) groups excluding carboxylic acids is 1. The second-order valence-corrected chi connectivity index (χ2v) is 8.74.